The van der Waals surface area contributed by atoms with Crippen molar-refractivity contribution >= 4 is 22.1 Å². The number of hydrogen-bond acceptors (Lipinski definition) is 7. The third-order valence-electron chi connectivity index (χ3n) is 7.02. The van der Waals surface area contributed by atoms with Crippen LogP contribution in [0.5, 0.6) is 0 Å². The van der Waals surface area contributed by atoms with Gasteiger partial charge in [-0.1, -0.05) is 122 Å². The van der Waals surface area contributed by atoms with E-state index in [1.54, 1.807) is 0 Å². The van der Waals surface area contributed by atoms with Gasteiger partial charge in [0.05, 0.1) is 11.7 Å². The van der Waals surface area contributed by atoms with E-state index in [1.807, 2.05) is 0 Å². The maximum atomic E-state index is 11.5. The number of rotatable bonds is 26. The Hall–Kier alpha value is 0.810. The monoisotopic (exact) mass is 580 g/mol. The zero-order valence-electron chi connectivity index (χ0n) is 24.4. The summed E-state index contributed by atoms with van der Waals surface area (Å²) in [6, 6.07) is 0. The molecule has 0 fully saturated rings. The molecule has 0 saturated heterocycles. The van der Waals surface area contributed by atoms with Crippen LogP contribution in [-0.4, -0.2) is 41.4 Å². The van der Waals surface area contributed by atoms with Crippen molar-refractivity contribution < 1.29 is 97.0 Å². The summed E-state index contributed by atoms with van der Waals surface area (Å²) in [5.74, 6) is -6.22. The van der Waals surface area contributed by atoms with Gasteiger partial charge in [0.2, 0.25) is 0 Å². The van der Waals surface area contributed by atoms with Gasteiger partial charge in [-0.25, -0.2) is 0 Å². The fraction of sp³-hybridized carbons (Fsp3) is 0.926. The molecular weight excluding hydrogens is 530 g/mol. The summed E-state index contributed by atoms with van der Waals surface area (Å²) in [6.07, 6.45) is 20.0. The van der Waals surface area contributed by atoms with Gasteiger partial charge < -0.3 is 24.9 Å². The summed E-state index contributed by atoms with van der Waals surface area (Å²) < 4.78 is 30.4. The van der Waals surface area contributed by atoms with Crippen LogP contribution in [0.3, 0.4) is 0 Å². The Morgan fingerprint density at radius 2 is 1.03 bits per heavy atom. The molecule has 0 aliphatic rings. The average Bonchev–Trinajstić information content (AvgIpc) is 2.79. The van der Waals surface area contributed by atoms with E-state index in [9.17, 15) is 33.3 Å². The summed E-state index contributed by atoms with van der Waals surface area (Å²) in [6.45, 7) is 2.24. The average molecular weight is 581 g/mol. The largest absolute Gasteiger partial charge is 1.00 e. The minimum atomic E-state index is -4.32. The molecule has 0 aliphatic carbocycles. The number of unbranched alkanes of at least 4 members (excludes halogenated alkanes) is 17. The van der Waals surface area contributed by atoms with Crippen LogP contribution >= 0.6 is 0 Å². The van der Waals surface area contributed by atoms with Gasteiger partial charge in [-0.2, -0.15) is 8.42 Å². The number of hydrogen-bond donors (Lipinski definition) is 2. The Labute approximate surface area is 275 Å². The first-order valence-corrected chi connectivity index (χ1v) is 15.8. The predicted octanol–water partition coefficient (Wildman–Crippen LogP) is -2.06. The van der Waals surface area contributed by atoms with Crippen molar-refractivity contribution in [1.82, 2.24) is 0 Å². The van der Waals surface area contributed by atoms with E-state index in [4.69, 9.17) is 4.55 Å². The molecule has 38 heavy (non-hydrogen) atoms. The van der Waals surface area contributed by atoms with Crippen LogP contribution in [0, 0.1) is 5.92 Å². The zero-order chi connectivity index (χ0) is 27.3. The van der Waals surface area contributed by atoms with Crippen molar-refractivity contribution in [3.63, 3.8) is 0 Å². The molecule has 0 heterocycles. The fourth-order valence-electron chi connectivity index (χ4n) is 4.74. The molecule has 0 aromatic rings. The normalized spacial score (nSPS) is 13.7. The van der Waals surface area contributed by atoms with E-state index in [1.165, 1.54) is 83.5 Å². The van der Waals surface area contributed by atoms with E-state index in [2.05, 4.69) is 6.92 Å². The molecule has 0 aromatic heterocycles. The van der Waals surface area contributed by atoms with Crippen LogP contribution in [0.15, 0.2) is 0 Å². The van der Waals surface area contributed by atoms with Gasteiger partial charge in [-0.15, -0.1) is 0 Å². The van der Waals surface area contributed by atoms with Crippen LogP contribution in [0.1, 0.15) is 142 Å². The van der Waals surface area contributed by atoms with Gasteiger partial charge in [0.15, 0.2) is 0 Å². The summed E-state index contributed by atoms with van der Waals surface area (Å²) >= 11 is 0. The molecule has 0 radical (unpaired) electrons. The number of carboxylic acids is 2. The standard InChI is InChI=1S/C27H52O8S.2Na/c1-2-3-4-5-6-7-8-9-10-11-12-13-14-15-16-17-18-19-22-27(32,26(30)31)24(25(28)29)21-20-23-36(33,34)35;;/h24,32H,2-23H2,1H3,(H,28,29)(H,30,31)(H,33,34,35);;/q;2*+1/p-2. The third kappa shape index (κ3) is 23.5. The van der Waals surface area contributed by atoms with E-state index in [0.717, 1.165) is 19.3 Å². The molecule has 0 rings (SSSR count). The Morgan fingerprint density at radius 3 is 1.32 bits per heavy atom. The minimum Gasteiger partial charge on any atom is -0.550 e. The minimum absolute atomic E-state index is 0. The molecule has 0 saturated carbocycles. The number of carbonyl (C=O) groups excluding carboxylic acids is 2. The van der Waals surface area contributed by atoms with Crippen molar-refractivity contribution in [3.05, 3.63) is 0 Å². The summed E-state index contributed by atoms with van der Waals surface area (Å²) in [5, 5.41) is 33.4. The topological polar surface area (TPSA) is 155 Å². The van der Waals surface area contributed by atoms with Crippen molar-refractivity contribution in [2.24, 2.45) is 5.92 Å². The number of carboxylic acid groups (broad SMARTS) is 2. The maximum absolute atomic E-state index is 11.5. The molecule has 0 aliphatic heterocycles. The molecule has 2 N–H and O–H groups in total. The molecule has 214 valence electrons. The van der Waals surface area contributed by atoms with Gasteiger partial charge in [0.1, 0.15) is 5.60 Å². The molecule has 8 nitrogen and oxygen atoms in total. The first-order valence-electron chi connectivity index (χ1n) is 14.1. The van der Waals surface area contributed by atoms with E-state index in [-0.39, 0.29) is 72.0 Å². The third-order valence-corrected chi connectivity index (χ3v) is 7.83. The Kier molecular flexibility index (Phi) is 30.4. The van der Waals surface area contributed by atoms with E-state index < -0.39 is 45.7 Å². The Balaban J connectivity index is -0.00000612. The second kappa shape index (κ2) is 26.7. The smallest absolute Gasteiger partial charge is 0.550 e. The SMILES string of the molecule is CCCCCCCCCCCCCCCCCCCCC(O)(C(=O)[O-])C(CCCS(=O)(=O)O)C(=O)[O-].[Na+].[Na+]. The molecule has 2 unspecified atom stereocenters. The van der Waals surface area contributed by atoms with Crippen molar-refractivity contribution in [3.8, 4) is 0 Å². The molecule has 2 atom stereocenters. The Bertz CT molecular complexity index is 691. The van der Waals surface area contributed by atoms with Crippen LogP contribution in [-0.2, 0) is 19.7 Å². The maximum Gasteiger partial charge on any atom is 1.00 e. The number of aliphatic carboxylic acids is 2. The second-order valence-electron chi connectivity index (χ2n) is 10.3. The van der Waals surface area contributed by atoms with Crippen LogP contribution in [0.4, 0.5) is 0 Å². The molecule has 0 bridgehead atoms. The zero-order valence-corrected chi connectivity index (χ0v) is 29.2. The second-order valence-corrected chi connectivity index (χ2v) is 11.8. The van der Waals surface area contributed by atoms with Crippen molar-refractivity contribution in [1.29, 1.82) is 0 Å². The van der Waals surface area contributed by atoms with Crippen molar-refractivity contribution in [2.45, 2.75) is 147 Å². The summed E-state index contributed by atoms with van der Waals surface area (Å²) in [4.78, 5) is 22.9. The number of aliphatic hydroxyl groups is 1. The van der Waals surface area contributed by atoms with Gasteiger partial charge >= 0.3 is 59.1 Å². The quantitative estimate of drug-likeness (QED) is 0.0673. The van der Waals surface area contributed by atoms with Gasteiger partial charge in [-0.05, 0) is 19.3 Å². The fourth-order valence-corrected chi connectivity index (χ4v) is 5.27. The molecule has 0 spiro atoms. The van der Waals surface area contributed by atoms with Crippen LogP contribution in [0.25, 0.3) is 0 Å². The van der Waals surface area contributed by atoms with Crippen LogP contribution < -0.4 is 69.3 Å². The molecule has 0 amide bonds. The van der Waals surface area contributed by atoms with Crippen molar-refractivity contribution in [2.75, 3.05) is 5.75 Å². The van der Waals surface area contributed by atoms with E-state index >= 15 is 0 Å². The molecule has 0 aromatic carbocycles. The van der Waals surface area contributed by atoms with Gasteiger partial charge in [0, 0.05) is 11.9 Å². The van der Waals surface area contributed by atoms with Gasteiger partial charge in [0.25, 0.3) is 10.1 Å². The van der Waals surface area contributed by atoms with Gasteiger partial charge in [-0.3, -0.25) is 4.55 Å². The predicted molar refractivity (Wildman–Crippen MR) is 138 cm³/mol. The Morgan fingerprint density at radius 1 is 0.684 bits per heavy atom. The summed E-state index contributed by atoms with van der Waals surface area (Å²) in [7, 11) is -4.32. The van der Waals surface area contributed by atoms with E-state index in [0.29, 0.717) is 12.8 Å². The summed E-state index contributed by atoms with van der Waals surface area (Å²) in [5.41, 5.74) is -2.63. The molecule has 11 heteroatoms. The number of carbonyl (C=O) groups is 2. The first-order chi connectivity index (χ1) is 17.0. The molecular formula is C27H50Na2O8S. The first kappa shape index (κ1) is 43.3. The van der Waals surface area contributed by atoms with Crippen LogP contribution in [0.2, 0.25) is 0 Å².